The van der Waals surface area contributed by atoms with Crippen LogP contribution in [0.5, 0.6) is 0 Å². The van der Waals surface area contributed by atoms with Crippen LogP contribution in [0.15, 0.2) is 59.2 Å². The van der Waals surface area contributed by atoms with Gasteiger partial charge in [0.1, 0.15) is 0 Å². The van der Waals surface area contributed by atoms with Crippen molar-refractivity contribution in [3.8, 4) is 0 Å². The molecular formula is C26H42N4. The van der Waals surface area contributed by atoms with E-state index in [-0.39, 0.29) is 0 Å². The van der Waals surface area contributed by atoms with Crippen LogP contribution >= 0.6 is 0 Å². The van der Waals surface area contributed by atoms with Crippen LogP contribution in [0.1, 0.15) is 59.8 Å². The molecule has 0 bridgehead atoms. The van der Waals surface area contributed by atoms with E-state index in [2.05, 4.69) is 61.5 Å². The molecule has 0 radical (unpaired) electrons. The van der Waals surface area contributed by atoms with Crippen LogP contribution in [0.25, 0.3) is 0 Å². The third kappa shape index (κ3) is 5.81. The highest BCUT2D eigenvalue weighted by molar-refractivity contribution is 5.30. The van der Waals surface area contributed by atoms with Crippen LogP contribution in [0.2, 0.25) is 0 Å². The molecule has 0 aromatic heterocycles. The minimum Gasteiger partial charge on any atom is -0.401 e. The summed E-state index contributed by atoms with van der Waals surface area (Å²) < 4.78 is 0. The molecule has 3 unspecified atom stereocenters. The zero-order valence-electron chi connectivity index (χ0n) is 19.4. The first-order chi connectivity index (χ1) is 14.3. The highest BCUT2D eigenvalue weighted by Gasteiger charge is 2.34. The van der Waals surface area contributed by atoms with Gasteiger partial charge in [0.25, 0.3) is 0 Å². The predicted molar refractivity (Wildman–Crippen MR) is 128 cm³/mol. The van der Waals surface area contributed by atoms with Gasteiger partial charge in [-0.1, -0.05) is 37.3 Å². The lowest BCUT2D eigenvalue weighted by Gasteiger charge is -2.40. The van der Waals surface area contributed by atoms with Gasteiger partial charge in [-0.3, -0.25) is 0 Å². The van der Waals surface area contributed by atoms with Gasteiger partial charge in [-0.25, -0.2) is 0 Å². The van der Waals surface area contributed by atoms with Crippen LogP contribution in [0.3, 0.4) is 0 Å². The van der Waals surface area contributed by atoms with Crippen molar-refractivity contribution in [1.29, 1.82) is 0 Å². The summed E-state index contributed by atoms with van der Waals surface area (Å²) in [5, 5.41) is 10.8. The lowest BCUT2D eigenvalue weighted by atomic mass is 9.71. The first kappa shape index (κ1) is 22.7. The van der Waals surface area contributed by atoms with Crippen LogP contribution in [0, 0.1) is 23.7 Å². The molecule has 1 fully saturated rings. The third-order valence-electron chi connectivity index (χ3n) is 7.11. The zero-order valence-corrected chi connectivity index (χ0v) is 19.4. The fourth-order valence-corrected chi connectivity index (χ4v) is 5.38. The van der Waals surface area contributed by atoms with Crippen molar-refractivity contribution >= 4 is 0 Å². The Hall–Kier alpha value is -1.94. The van der Waals surface area contributed by atoms with E-state index < -0.39 is 0 Å². The van der Waals surface area contributed by atoms with Gasteiger partial charge in [-0.05, 0) is 89.3 Å². The molecule has 2 aliphatic carbocycles. The fourth-order valence-electron chi connectivity index (χ4n) is 5.38. The summed E-state index contributed by atoms with van der Waals surface area (Å²) in [4.78, 5) is 0. The molecule has 0 aromatic carbocycles. The van der Waals surface area contributed by atoms with E-state index in [0.29, 0.717) is 17.9 Å². The summed E-state index contributed by atoms with van der Waals surface area (Å²) in [6, 6.07) is 0.303. The molecule has 166 valence electrons. The standard InChI is InChI=1S/C26H42N4/c1-17-7-6-8-23(13-17)20(4)30-21(5)25-15-24(22-9-11-28-12-10-22)14-18(2)26(25)29-16-19(3)27/h6-8,16-17,20,22,24-25,28-30H,5,9-15,27H2,1-4H3/b19-16+/t17?,20-,24?,25?/m1/s1. The molecule has 30 heavy (non-hydrogen) atoms. The molecule has 0 spiro atoms. The molecule has 1 heterocycles. The van der Waals surface area contributed by atoms with E-state index in [0.717, 1.165) is 49.2 Å². The Balaban J connectivity index is 1.76. The molecule has 4 atom stereocenters. The SMILES string of the molecule is C=C(N[C@H](C)C1=CC=CC(C)C1)C1CC(C2CCNCC2)CC(C)=C1N/C=C(\C)N. The number of hydrogen-bond donors (Lipinski definition) is 4. The number of hydrogen-bond acceptors (Lipinski definition) is 4. The van der Waals surface area contributed by atoms with Crippen LogP contribution in [-0.4, -0.2) is 19.1 Å². The fraction of sp³-hybridized carbons (Fsp3) is 0.615. The minimum atomic E-state index is 0.300. The first-order valence-electron chi connectivity index (χ1n) is 11.8. The molecule has 0 aromatic rings. The Morgan fingerprint density at radius 2 is 2.00 bits per heavy atom. The van der Waals surface area contributed by atoms with Crippen molar-refractivity contribution in [2.45, 2.75) is 65.8 Å². The van der Waals surface area contributed by atoms with E-state index >= 15 is 0 Å². The molecule has 4 nitrogen and oxygen atoms in total. The highest BCUT2D eigenvalue weighted by atomic mass is 15.0. The van der Waals surface area contributed by atoms with Gasteiger partial charge in [0, 0.05) is 35.3 Å². The van der Waals surface area contributed by atoms with Crippen LogP contribution in [0.4, 0.5) is 0 Å². The summed E-state index contributed by atoms with van der Waals surface area (Å²) >= 11 is 0. The second-order valence-corrected chi connectivity index (χ2v) is 9.77. The van der Waals surface area contributed by atoms with Gasteiger partial charge in [-0.2, -0.15) is 0 Å². The molecule has 5 N–H and O–H groups in total. The summed E-state index contributed by atoms with van der Waals surface area (Å²) in [6.07, 6.45) is 14.7. The topological polar surface area (TPSA) is 62.1 Å². The van der Waals surface area contributed by atoms with Gasteiger partial charge in [0.2, 0.25) is 0 Å². The predicted octanol–water partition coefficient (Wildman–Crippen LogP) is 4.71. The lowest BCUT2D eigenvalue weighted by molar-refractivity contribution is 0.216. The van der Waals surface area contributed by atoms with E-state index in [9.17, 15) is 0 Å². The Morgan fingerprint density at radius 1 is 1.27 bits per heavy atom. The highest BCUT2D eigenvalue weighted by Crippen LogP contribution is 2.41. The number of nitrogens with two attached hydrogens (primary N) is 1. The molecule has 1 saturated heterocycles. The molecule has 0 saturated carbocycles. The van der Waals surface area contributed by atoms with Gasteiger partial charge in [0.15, 0.2) is 0 Å². The van der Waals surface area contributed by atoms with Crippen LogP contribution < -0.4 is 21.7 Å². The second kappa shape index (κ2) is 10.4. The van der Waals surface area contributed by atoms with E-state index in [1.165, 1.54) is 36.1 Å². The monoisotopic (exact) mass is 410 g/mol. The van der Waals surface area contributed by atoms with E-state index in [1.807, 2.05) is 13.1 Å². The number of rotatable bonds is 7. The molecule has 3 aliphatic rings. The van der Waals surface area contributed by atoms with E-state index in [4.69, 9.17) is 5.73 Å². The van der Waals surface area contributed by atoms with Gasteiger partial charge in [0.05, 0.1) is 0 Å². The minimum absolute atomic E-state index is 0.300. The van der Waals surface area contributed by atoms with Gasteiger partial charge < -0.3 is 21.7 Å². The molecule has 1 aliphatic heterocycles. The van der Waals surface area contributed by atoms with Gasteiger partial charge in [-0.15, -0.1) is 0 Å². The van der Waals surface area contributed by atoms with Crippen molar-refractivity contribution in [3.05, 3.63) is 59.2 Å². The Labute approximate surface area is 183 Å². The van der Waals surface area contributed by atoms with Crippen molar-refractivity contribution in [1.82, 2.24) is 16.0 Å². The van der Waals surface area contributed by atoms with Crippen molar-refractivity contribution in [2.75, 3.05) is 13.1 Å². The third-order valence-corrected chi connectivity index (χ3v) is 7.11. The maximum Gasteiger partial charge on any atom is 0.0445 e. The largest absolute Gasteiger partial charge is 0.401 e. The number of allylic oxidation sites excluding steroid dienone is 5. The average molecular weight is 411 g/mol. The van der Waals surface area contributed by atoms with Crippen molar-refractivity contribution < 1.29 is 0 Å². The second-order valence-electron chi connectivity index (χ2n) is 9.77. The molecular weight excluding hydrogens is 368 g/mol. The Morgan fingerprint density at radius 3 is 2.67 bits per heavy atom. The number of nitrogens with one attached hydrogen (secondary N) is 3. The Kier molecular flexibility index (Phi) is 7.87. The lowest BCUT2D eigenvalue weighted by Crippen LogP contribution is -2.39. The quantitative estimate of drug-likeness (QED) is 0.491. The summed E-state index contributed by atoms with van der Waals surface area (Å²) in [7, 11) is 0. The molecule has 3 rings (SSSR count). The zero-order chi connectivity index (χ0) is 21.7. The van der Waals surface area contributed by atoms with Gasteiger partial charge >= 0.3 is 0 Å². The summed E-state index contributed by atoms with van der Waals surface area (Å²) in [6.45, 7) is 15.6. The smallest absolute Gasteiger partial charge is 0.0445 e. The normalized spacial score (nSPS) is 29.4. The molecule has 0 amide bonds. The number of piperidine rings is 1. The van der Waals surface area contributed by atoms with E-state index in [1.54, 1.807) is 0 Å². The van der Waals surface area contributed by atoms with Crippen molar-refractivity contribution in [2.24, 2.45) is 29.4 Å². The summed E-state index contributed by atoms with van der Waals surface area (Å²) in [5.41, 5.74) is 12.1. The summed E-state index contributed by atoms with van der Waals surface area (Å²) in [5.74, 6) is 2.46. The van der Waals surface area contributed by atoms with Crippen molar-refractivity contribution in [3.63, 3.8) is 0 Å². The van der Waals surface area contributed by atoms with Crippen LogP contribution in [-0.2, 0) is 0 Å². The average Bonchev–Trinajstić information content (AvgIpc) is 2.72. The maximum absolute atomic E-state index is 5.93. The molecule has 4 heteroatoms. The Bertz CT molecular complexity index is 732. The first-order valence-corrected chi connectivity index (χ1v) is 11.8. The maximum atomic E-state index is 5.93.